The number of ether oxygens (including phenoxy) is 1. The molecule has 32 heavy (non-hydrogen) atoms. The number of benzene rings is 3. The van der Waals surface area contributed by atoms with Crippen molar-refractivity contribution in [2.24, 2.45) is 0 Å². The molecule has 1 aliphatic carbocycles. The summed E-state index contributed by atoms with van der Waals surface area (Å²) < 4.78 is 5.29. The third-order valence-corrected chi connectivity index (χ3v) is 6.10. The van der Waals surface area contributed by atoms with Crippen LogP contribution in [0.15, 0.2) is 84.1 Å². The minimum absolute atomic E-state index is 0.0277. The number of nitrogens with one attached hydrogen (secondary N) is 2. The predicted octanol–water partition coefficient (Wildman–Crippen LogP) is 5.51. The lowest BCUT2D eigenvalue weighted by atomic mass is 9.87. The number of anilines is 2. The first-order valence-electron chi connectivity index (χ1n) is 10.8. The van der Waals surface area contributed by atoms with E-state index in [4.69, 9.17) is 4.74 Å². The van der Waals surface area contributed by atoms with Gasteiger partial charge in [-0.15, -0.1) is 0 Å². The largest absolute Gasteiger partial charge is 0.497 e. The van der Waals surface area contributed by atoms with Crippen LogP contribution in [0.1, 0.15) is 46.8 Å². The molecule has 0 unspecified atom stereocenters. The molecule has 5 heteroatoms. The van der Waals surface area contributed by atoms with Gasteiger partial charge in [0.05, 0.1) is 24.5 Å². The topological polar surface area (TPSA) is 67.4 Å². The van der Waals surface area contributed by atoms with E-state index in [2.05, 4.69) is 10.6 Å². The Labute approximate surface area is 187 Å². The van der Waals surface area contributed by atoms with Crippen molar-refractivity contribution < 1.29 is 14.3 Å². The van der Waals surface area contributed by atoms with Crippen LogP contribution in [0.25, 0.3) is 0 Å². The van der Waals surface area contributed by atoms with Crippen LogP contribution in [0.4, 0.5) is 11.4 Å². The summed E-state index contributed by atoms with van der Waals surface area (Å²) in [6.45, 7) is 0. The number of methoxy groups -OCH3 is 1. The molecule has 1 atom stereocenters. The molecule has 0 aromatic heterocycles. The summed E-state index contributed by atoms with van der Waals surface area (Å²) in [5, 5.41) is 7.04. The van der Waals surface area contributed by atoms with Gasteiger partial charge in [0, 0.05) is 28.8 Å². The molecule has 0 fully saturated rings. The van der Waals surface area contributed by atoms with Crippen LogP contribution >= 0.6 is 0 Å². The van der Waals surface area contributed by atoms with E-state index in [-0.39, 0.29) is 17.6 Å². The van der Waals surface area contributed by atoms with Crippen LogP contribution in [0.3, 0.4) is 0 Å². The van der Waals surface area contributed by atoms with Gasteiger partial charge in [0.1, 0.15) is 5.75 Å². The third-order valence-electron chi connectivity index (χ3n) is 6.10. The second-order valence-electron chi connectivity index (χ2n) is 8.10. The molecule has 0 radical (unpaired) electrons. The minimum Gasteiger partial charge on any atom is -0.497 e. The molecule has 2 aliphatic rings. The highest BCUT2D eigenvalue weighted by atomic mass is 16.5. The van der Waals surface area contributed by atoms with Crippen molar-refractivity contribution in [2.75, 3.05) is 17.7 Å². The molecule has 0 saturated heterocycles. The third kappa shape index (κ3) is 3.66. The number of fused-ring (bicyclic) bond motifs is 1. The van der Waals surface area contributed by atoms with Crippen LogP contribution in [-0.4, -0.2) is 18.7 Å². The van der Waals surface area contributed by atoms with Gasteiger partial charge in [-0.2, -0.15) is 0 Å². The van der Waals surface area contributed by atoms with E-state index in [1.807, 2.05) is 72.8 Å². The maximum absolute atomic E-state index is 13.0. The highest BCUT2D eigenvalue weighted by Crippen LogP contribution is 2.41. The van der Waals surface area contributed by atoms with Crippen molar-refractivity contribution in [3.05, 3.63) is 101 Å². The first kappa shape index (κ1) is 20.1. The Hall–Kier alpha value is -3.86. The van der Waals surface area contributed by atoms with Gasteiger partial charge in [0.15, 0.2) is 11.6 Å². The van der Waals surface area contributed by atoms with Gasteiger partial charge in [0.25, 0.3) is 0 Å². The van der Waals surface area contributed by atoms with Crippen molar-refractivity contribution in [2.45, 2.75) is 25.3 Å². The van der Waals surface area contributed by atoms with E-state index in [0.717, 1.165) is 46.8 Å². The first-order chi connectivity index (χ1) is 15.6. The summed E-state index contributed by atoms with van der Waals surface area (Å²) in [6.07, 6.45) is 2.16. The number of rotatable bonds is 4. The molecule has 5 nitrogen and oxygen atoms in total. The first-order valence-corrected chi connectivity index (χ1v) is 10.8. The Morgan fingerprint density at radius 2 is 1.69 bits per heavy atom. The summed E-state index contributed by atoms with van der Waals surface area (Å²) in [7, 11) is 1.64. The molecule has 1 aliphatic heterocycles. The zero-order valence-electron chi connectivity index (χ0n) is 17.9. The average molecular weight is 425 g/mol. The fraction of sp³-hybridized carbons (Fsp3) is 0.185. The molecule has 0 amide bonds. The summed E-state index contributed by atoms with van der Waals surface area (Å²) in [6, 6.07) is 22.4. The maximum Gasteiger partial charge on any atom is 0.193 e. The number of hydrogen-bond donors (Lipinski definition) is 2. The van der Waals surface area contributed by atoms with E-state index in [1.54, 1.807) is 7.11 Å². The Balaban J connectivity index is 1.56. The monoisotopic (exact) mass is 424 g/mol. The molecule has 3 aromatic rings. The van der Waals surface area contributed by atoms with Crippen molar-refractivity contribution >= 4 is 22.9 Å². The molecule has 0 bridgehead atoms. The van der Waals surface area contributed by atoms with Crippen molar-refractivity contribution in [1.82, 2.24) is 0 Å². The van der Waals surface area contributed by atoms with E-state index >= 15 is 0 Å². The Kier molecular flexibility index (Phi) is 5.23. The normalized spacial score (nSPS) is 17.4. The zero-order valence-corrected chi connectivity index (χ0v) is 17.9. The Bertz CT molecular complexity index is 1210. The molecule has 2 N–H and O–H groups in total. The van der Waals surface area contributed by atoms with E-state index in [1.165, 1.54) is 0 Å². The summed E-state index contributed by atoms with van der Waals surface area (Å²) in [5.74, 6) is 0.898. The maximum atomic E-state index is 13.0. The quantitative estimate of drug-likeness (QED) is 0.541. The summed E-state index contributed by atoms with van der Waals surface area (Å²) in [5.41, 5.74) is 5.62. The Morgan fingerprint density at radius 1 is 0.906 bits per heavy atom. The molecular formula is C27H24N2O3. The van der Waals surface area contributed by atoms with Gasteiger partial charge in [-0.25, -0.2) is 0 Å². The summed E-state index contributed by atoms with van der Waals surface area (Å²) >= 11 is 0. The lowest BCUT2D eigenvalue weighted by Crippen LogP contribution is -2.23. The van der Waals surface area contributed by atoms with Crippen molar-refractivity contribution in [1.29, 1.82) is 0 Å². The van der Waals surface area contributed by atoms with E-state index < -0.39 is 0 Å². The number of hydrogen-bond acceptors (Lipinski definition) is 5. The Morgan fingerprint density at radius 3 is 2.44 bits per heavy atom. The number of carbonyl (C=O) groups excluding carboxylic acids is 2. The summed E-state index contributed by atoms with van der Waals surface area (Å²) in [4.78, 5) is 26.0. The number of ketones is 2. The van der Waals surface area contributed by atoms with Crippen LogP contribution in [0, 0.1) is 0 Å². The van der Waals surface area contributed by atoms with Crippen molar-refractivity contribution in [3.8, 4) is 5.75 Å². The fourth-order valence-electron chi connectivity index (χ4n) is 4.44. The molecule has 3 aromatic carbocycles. The standard InChI is InChI=1S/C27H24N2O3/c1-32-20-13-10-17(11-14-20)26-25-22(8-5-9-24(25)30)28-23-16-19(12-15-21(23)29-26)27(31)18-6-3-2-4-7-18/h2-4,6-7,10-16,26,28-29H,5,8-9H2,1H3/t26-/m0/s1. The molecule has 0 saturated carbocycles. The minimum atomic E-state index is -0.270. The zero-order chi connectivity index (χ0) is 22.1. The second-order valence-corrected chi connectivity index (χ2v) is 8.10. The SMILES string of the molecule is COc1ccc([C@@H]2Nc3ccc(C(=O)c4ccccc4)cc3NC3=C2C(=O)CCC3)cc1. The van der Waals surface area contributed by atoms with E-state index in [9.17, 15) is 9.59 Å². The van der Waals surface area contributed by atoms with E-state index in [0.29, 0.717) is 17.5 Å². The fourth-order valence-corrected chi connectivity index (χ4v) is 4.44. The molecule has 160 valence electrons. The van der Waals surface area contributed by atoms with Gasteiger partial charge < -0.3 is 15.4 Å². The van der Waals surface area contributed by atoms with Gasteiger partial charge >= 0.3 is 0 Å². The molecule has 5 rings (SSSR count). The van der Waals surface area contributed by atoms with Crippen LogP contribution in [0.5, 0.6) is 5.75 Å². The number of allylic oxidation sites excluding steroid dienone is 1. The average Bonchev–Trinajstić information content (AvgIpc) is 3.01. The van der Waals surface area contributed by atoms with Gasteiger partial charge in [-0.3, -0.25) is 9.59 Å². The lowest BCUT2D eigenvalue weighted by molar-refractivity contribution is -0.116. The smallest absolute Gasteiger partial charge is 0.193 e. The molecular weight excluding hydrogens is 400 g/mol. The van der Waals surface area contributed by atoms with Gasteiger partial charge in [-0.05, 0) is 48.7 Å². The highest BCUT2D eigenvalue weighted by Gasteiger charge is 2.32. The lowest BCUT2D eigenvalue weighted by Gasteiger charge is -2.25. The van der Waals surface area contributed by atoms with Crippen LogP contribution in [0.2, 0.25) is 0 Å². The number of carbonyl (C=O) groups is 2. The molecule has 1 heterocycles. The predicted molar refractivity (Wildman–Crippen MR) is 125 cm³/mol. The number of Topliss-reactive ketones (excluding diaryl/α,β-unsaturated/α-hetero) is 1. The van der Waals surface area contributed by atoms with Gasteiger partial charge in [0.2, 0.25) is 0 Å². The second kappa shape index (κ2) is 8.35. The molecule has 0 spiro atoms. The van der Waals surface area contributed by atoms with Gasteiger partial charge in [-0.1, -0.05) is 42.5 Å². The highest BCUT2D eigenvalue weighted by molar-refractivity contribution is 6.10. The van der Waals surface area contributed by atoms with Crippen LogP contribution < -0.4 is 15.4 Å². The van der Waals surface area contributed by atoms with Crippen LogP contribution in [-0.2, 0) is 4.79 Å². The van der Waals surface area contributed by atoms with Crippen molar-refractivity contribution in [3.63, 3.8) is 0 Å².